The van der Waals surface area contributed by atoms with Crippen LogP contribution in [0.15, 0.2) is 107 Å². The average Bonchev–Trinajstić information content (AvgIpc) is 1.62. The Hall–Kier alpha value is -10.8. The van der Waals surface area contributed by atoms with Crippen LogP contribution in [0.3, 0.4) is 0 Å². The topological polar surface area (TPSA) is 376 Å². The number of hydrogen-bond donors (Lipinski definition) is 3. The van der Waals surface area contributed by atoms with Crippen molar-refractivity contribution in [2.75, 3.05) is 54.0 Å². The number of amides is 5. The molecule has 0 aromatic carbocycles. The zero-order valence-electron chi connectivity index (χ0n) is 63.5. The van der Waals surface area contributed by atoms with E-state index < -0.39 is 10.9 Å². The molecule has 0 bridgehead atoms. The van der Waals surface area contributed by atoms with Crippen LogP contribution in [-0.4, -0.2) is 155 Å². The van der Waals surface area contributed by atoms with E-state index in [2.05, 4.69) is 102 Å². The number of pyridine rings is 4. The second-order valence-corrected chi connectivity index (χ2v) is 30.9. The number of nitrogen functional groups attached to an aromatic ring is 1. The van der Waals surface area contributed by atoms with Crippen molar-refractivity contribution >= 4 is 124 Å². The molecule has 588 valence electrons. The van der Waals surface area contributed by atoms with Crippen LogP contribution in [0.4, 0.5) is 40.5 Å². The van der Waals surface area contributed by atoms with Crippen LogP contribution < -0.4 is 37.9 Å². The molecule has 15 rings (SSSR count). The molecule has 9 aromatic heterocycles. The van der Waals surface area contributed by atoms with Gasteiger partial charge in [0, 0.05) is 162 Å². The summed E-state index contributed by atoms with van der Waals surface area (Å²) in [5, 5.41) is 33.9. The lowest BCUT2D eigenvalue weighted by atomic mass is 9.90. The molecule has 14 heterocycles. The quantitative estimate of drug-likeness (QED) is 0.0554. The smallest absolute Gasteiger partial charge is 0.390 e. The summed E-state index contributed by atoms with van der Waals surface area (Å²) < 4.78 is 21.6. The minimum atomic E-state index is -0.517. The summed E-state index contributed by atoms with van der Waals surface area (Å²) in [6.45, 7) is 21.3. The number of carbonyl (C=O) groups excluding carboxylic acids is 6. The summed E-state index contributed by atoms with van der Waals surface area (Å²) in [5.74, 6) is 1.80. The molecule has 0 atom stereocenters. The van der Waals surface area contributed by atoms with Crippen molar-refractivity contribution in [3.63, 3.8) is 0 Å². The first kappa shape index (κ1) is 81.2. The fourth-order valence-electron chi connectivity index (χ4n) is 14.1. The molecule has 37 heteroatoms. The predicted molar refractivity (Wildman–Crippen MR) is 424 cm³/mol. The summed E-state index contributed by atoms with van der Waals surface area (Å²) in [6.07, 6.45) is 10.6. The third-order valence-electron chi connectivity index (χ3n) is 19.6. The van der Waals surface area contributed by atoms with Gasteiger partial charge >= 0.3 is 11.8 Å². The van der Waals surface area contributed by atoms with E-state index in [1.54, 1.807) is 91.6 Å². The molecule has 0 radical (unpaired) electrons. The monoisotopic (exact) mass is 1710 g/mol. The zero-order valence-corrected chi connectivity index (χ0v) is 68.2. The second kappa shape index (κ2) is 34.6. The van der Waals surface area contributed by atoms with Crippen molar-refractivity contribution < 1.29 is 38.4 Å². The molecule has 0 saturated carbocycles. The van der Waals surface area contributed by atoms with Crippen molar-refractivity contribution in [1.82, 2.24) is 82.0 Å². The van der Waals surface area contributed by atoms with E-state index in [0.29, 0.717) is 166 Å². The van der Waals surface area contributed by atoms with E-state index >= 15 is 0 Å². The van der Waals surface area contributed by atoms with Gasteiger partial charge in [0.05, 0.1) is 90.8 Å². The third-order valence-corrected chi connectivity index (χ3v) is 21.0. The van der Waals surface area contributed by atoms with Crippen molar-refractivity contribution in [3.05, 3.63) is 179 Å². The number of nitrogens with one attached hydrogen (secondary N) is 2. The summed E-state index contributed by atoms with van der Waals surface area (Å²) >= 11 is 9.77. The number of nitrogens with zero attached hydrogens (tertiary/aromatic N) is 19. The van der Waals surface area contributed by atoms with Gasteiger partial charge in [-0.15, -0.1) is 0 Å². The Bertz CT molecular complexity index is 5250. The molecular formula is C74H89Br3N22O12. The zero-order chi connectivity index (χ0) is 80.0. The first-order valence-electron chi connectivity index (χ1n) is 36.4. The molecule has 9 aromatic rings. The van der Waals surface area contributed by atoms with Crippen LogP contribution in [0, 0.1) is 15.5 Å². The maximum absolute atomic E-state index is 14.0. The van der Waals surface area contributed by atoms with Crippen LogP contribution in [0.2, 0.25) is 0 Å². The molecule has 0 spiro atoms. The Morgan fingerprint density at radius 1 is 0.577 bits per heavy atom. The Morgan fingerprint density at radius 2 is 1.05 bits per heavy atom. The molecule has 0 fully saturated rings. The van der Waals surface area contributed by atoms with Gasteiger partial charge in [0.25, 0.3) is 22.6 Å². The standard InChI is InChI=1S/C35H40N8O5.C15H18BrN5O2.C9H12N4O3.C9H14N4O.C6H5Br2NO/c1-6-31(45)40-9-12-43-24(19-40)15-30(38-43)37-27-13-23(18-39(5)33(27)46)25-7-8-36-32(26(25)20-48-21(2)44)42-11-10-41-28(34(42)47)14-22-16-35(3,4)17-29(22)41;1-3-14(22)20-4-5-21-11(9-20)7-13(18-21)17-12-6-10(16)8-19(2)15(12)23;1-2-9(14)11-3-4-12-7(6-11)5-8(10-12)13(15)16;1-2-9(14)12-3-4-13-7(6-12)5-8(10)11-13;1-9-3-4(7)2-5(8)6(9)10/h7-8,13-15,18H,6,9-12,16-17,19-20H2,1-5H3,(H,37,38);6-8H,3-5,9H2,1-2H3,(H,17,18);5H,2-4,6H2,1H3;5H,2-4,6H2,1H3,(H2,10,11);2-3H,1H3. The lowest BCUT2D eigenvalue weighted by molar-refractivity contribution is -0.389. The van der Waals surface area contributed by atoms with E-state index in [0.717, 1.165) is 57.7 Å². The lowest BCUT2D eigenvalue weighted by Gasteiger charge is -2.31. The van der Waals surface area contributed by atoms with Gasteiger partial charge in [-0.3, -0.25) is 62.1 Å². The number of hydrogen-bond acceptors (Lipinski definition) is 20. The molecule has 6 aliphatic rings. The van der Waals surface area contributed by atoms with Crippen molar-refractivity contribution in [2.45, 2.75) is 153 Å². The second-order valence-electron chi connectivity index (χ2n) is 28.2. The van der Waals surface area contributed by atoms with E-state index in [1.807, 2.05) is 73.8 Å². The number of rotatable bonds is 13. The number of nitro groups is 1. The van der Waals surface area contributed by atoms with Crippen molar-refractivity contribution in [2.24, 2.45) is 26.6 Å². The highest BCUT2D eigenvalue weighted by molar-refractivity contribution is 9.11. The lowest BCUT2D eigenvalue weighted by Crippen LogP contribution is -2.41. The van der Waals surface area contributed by atoms with Gasteiger partial charge in [0.15, 0.2) is 11.6 Å². The number of ether oxygens (including phenoxy) is 1. The first-order chi connectivity index (χ1) is 52.8. The number of carbonyl (C=O) groups is 6. The summed E-state index contributed by atoms with van der Waals surface area (Å²) in [5.41, 5.74) is 14.7. The Kier molecular flexibility index (Phi) is 25.3. The van der Waals surface area contributed by atoms with E-state index in [-0.39, 0.29) is 64.1 Å². The number of halogens is 3. The molecule has 0 saturated heterocycles. The number of nitrogens with two attached hydrogens (primary N) is 1. The van der Waals surface area contributed by atoms with E-state index in [4.69, 9.17) is 10.5 Å². The summed E-state index contributed by atoms with van der Waals surface area (Å²) in [4.78, 5) is 133. The number of aromatic nitrogens is 13. The van der Waals surface area contributed by atoms with Crippen molar-refractivity contribution in [1.29, 1.82) is 0 Å². The number of aryl methyl sites for hydroxylation is 3. The van der Waals surface area contributed by atoms with Gasteiger partial charge in [0.1, 0.15) is 35.3 Å². The minimum Gasteiger partial charge on any atom is -0.461 e. The van der Waals surface area contributed by atoms with Gasteiger partial charge in [-0.05, 0) is 112 Å². The molecular weight excluding hydrogens is 1630 g/mol. The normalized spacial score (nSPS) is 14.9. The minimum absolute atomic E-state index is 0.0248. The summed E-state index contributed by atoms with van der Waals surface area (Å²) in [6, 6.07) is 16.0. The van der Waals surface area contributed by atoms with Crippen LogP contribution in [0.5, 0.6) is 0 Å². The van der Waals surface area contributed by atoms with Crippen LogP contribution in [-0.2, 0) is 128 Å². The predicted octanol–water partition coefficient (Wildman–Crippen LogP) is 8.30. The van der Waals surface area contributed by atoms with Gasteiger partial charge in [-0.2, -0.15) is 20.0 Å². The molecule has 0 unspecified atom stereocenters. The Morgan fingerprint density at radius 3 is 1.55 bits per heavy atom. The molecule has 111 heavy (non-hydrogen) atoms. The SMILES string of the molecule is CCC(=O)N1CCn2nc(N)cc2C1.CCC(=O)N1CCn2nc(Nc3cc(-c4ccnc(N5CCn6c(cc7c6CC(C)(C)C7)C5=O)c4COC(C)=O)cn(C)c3=O)cc2C1.CCC(=O)N1CCn2nc(Nc3cc(Br)cn(C)c3=O)cc2C1.CCC(=O)N1CCn2nc([N+](=O)[O-])cc2C1.Cn1cc(Br)cc(Br)c1=O. The highest BCUT2D eigenvalue weighted by Gasteiger charge is 2.38. The van der Waals surface area contributed by atoms with E-state index in [1.165, 1.54) is 37.9 Å². The fraction of sp³-hybridized carbons (Fsp3) is 0.432. The fourth-order valence-corrected chi connectivity index (χ4v) is 16.0. The molecule has 5 aliphatic heterocycles. The number of esters is 1. The summed E-state index contributed by atoms with van der Waals surface area (Å²) in [7, 11) is 5.07. The molecule has 34 nitrogen and oxygen atoms in total. The van der Waals surface area contributed by atoms with Crippen LogP contribution in [0.1, 0.15) is 124 Å². The van der Waals surface area contributed by atoms with E-state index in [9.17, 15) is 53.3 Å². The highest BCUT2D eigenvalue weighted by atomic mass is 79.9. The maximum atomic E-state index is 14.0. The van der Waals surface area contributed by atoms with Gasteiger partial charge < -0.3 is 69.1 Å². The largest absolute Gasteiger partial charge is 0.461 e. The third kappa shape index (κ3) is 18.8. The van der Waals surface area contributed by atoms with Crippen LogP contribution in [0.25, 0.3) is 11.1 Å². The van der Waals surface area contributed by atoms with Gasteiger partial charge in [-0.1, -0.05) is 41.5 Å². The average molecular weight is 1720 g/mol. The Balaban J connectivity index is 0.000000159. The molecule has 4 N–H and O–H groups in total. The Labute approximate surface area is 663 Å². The maximum Gasteiger partial charge on any atom is 0.390 e. The molecule has 1 aliphatic carbocycles. The first-order valence-corrected chi connectivity index (χ1v) is 38.8. The van der Waals surface area contributed by atoms with Crippen molar-refractivity contribution in [3.8, 4) is 11.1 Å². The number of fused-ring (bicyclic) bond motifs is 7. The van der Waals surface area contributed by atoms with Gasteiger partial charge in [0.2, 0.25) is 23.6 Å². The van der Waals surface area contributed by atoms with Crippen LogP contribution >= 0.6 is 47.8 Å². The molecule has 5 amide bonds. The van der Waals surface area contributed by atoms with Gasteiger partial charge in [-0.25, -0.2) is 4.98 Å². The highest BCUT2D eigenvalue weighted by Crippen LogP contribution is 2.41. The number of anilines is 6.